The second kappa shape index (κ2) is 11.4. The van der Waals surface area contributed by atoms with Crippen molar-refractivity contribution in [2.75, 3.05) is 4.90 Å². The molecule has 0 spiro atoms. The van der Waals surface area contributed by atoms with Crippen molar-refractivity contribution in [3.8, 4) is 44.5 Å². The van der Waals surface area contributed by atoms with E-state index < -0.39 is 0 Å². The van der Waals surface area contributed by atoms with Crippen LogP contribution in [0.15, 0.2) is 164 Å². The molecule has 270 valence electrons. The van der Waals surface area contributed by atoms with Crippen molar-refractivity contribution in [2.24, 2.45) is 0 Å². The van der Waals surface area contributed by atoms with E-state index in [9.17, 15) is 0 Å². The monoisotopic (exact) mass is 719 g/mol. The lowest BCUT2D eigenvalue weighted by atomic mass is 9.80. The van der Waals surface area contributed by atoms with Gasteiger partial charge in [0.1, 0.15) is 0 Å². The summed E-state index contributed by atoms with van der Waals surface area (Å²) in [6, 6.07) is 62.0. The molecule has 0 bridgehead atoms. The van der Waals surface area contributed by atoms with Gasteiger partial charge in [-0.2, -0.15) is 0 Å². The molecule has 0 amide bonds. The van der Waals surface area contributed by atoms with Crippen LogP contribution in [0, 0.1) is 0 Å². The molecule has 1 nitrogen and oxygen atoms in total. The molecular formula is C55H45N. The smallest absolute Gasteiger partial charge is 0.0540 e. The van der Waals surface area contributed by atoms with Gasteiger partial charge in [-0.3, -0.25) is 0 Å². The first kappa shape index (κ1) is 33.2. The van der Waals surface area contributed by atoms with Crippen LogP contribution in [-0.4, -0.2) is 0 Å². The van der Waals surface area contributed by atoms with Crippen molar-refractivity contribution in [2.45, 2.75) is 57.8 Å². The van der Waals surface area contributed by atoms with Gasteiger partial charge in [-0.1, -0.05) is 169 Å². The zero-order valence-corrected chi connectivity index (χ0v) is 33.0. The van der Waals surface area contributed by atoms with Crippen molar-refractivity contribution in [1.29, 1.82) is 0 Å². The molecule has 0 fully saturated rings. The molecule has 0 atom stereocenters. The van der Waals surface area contributed by atoms with Crippen LogP contribution < -0.4 is 4.90 Å². The third kappa shape index (κ3) is 4.37. The Morgan fingerprint density at radius 3 is 1.34 bits per heavy atom. The first-order valence-corrected chi connectivity index (χ1v) is 20.1. The lowest BCUT2D eigenvalue weighted by Gasteiger charge is -2.32. The normalized spacial score (nSPS) is 15.8. The average molecular weight is 720 g/mol. The molecule has 3 aliphatic rings. The summed E-state index contributed by atoms with van der Waals surface area (Å²) in [5, 5.41) is 2.56. The predicted molar refractivity (Wildman–Crippen MR) is 237 cm³/mol. The molecule has 0 radical (unpaired) electrons. The quantitative estimate of drug-likeness (QED) is 0.175. The molecule has 8 aromatic rings. The van der Waals surface area contributed by atoms with Crippen molar-refractivity contribution in [1.82, 2.24) is 0 Å². The van der Waals surface area contributed by atoms with Crippen LogP contribution in [0.25, 0.3) is 55.3 Å². The SMILES string of the molecule is CC1(C)c2ccccc2-c2ccc(N(c3ccc4c(c3)C(C)(C)c3ccccc3-4)c3ccccc3-c3c4c(cc5ccccc35)C(C)(C)c3ccccc3-4)cc21. The Hall–Kier alpha value is -6.18. The first-order valence-electron chi connectivity index (χ1n) is 20.1. The van der Waals surface area contributed by atoms with E-state index >= 15 is 0 Å². The van der Waals surface area contributed by atoms with Crippen molar-refractivity contribution in [3.63, 3.8) is 0 Å². The second-order valence-corrected chi connectivity index (χ2v) is 17.7. The van der Waals surface area contributed by atoms with Gasteiger partial charge in [0.05, 0.1) is 5.69 Å². The molecule has 0 heterocycles. The number of anilines is 3. The van der Waals surface area contributed by atoms with Gasteiger partial charge in [0.2, 0.25) is 0 Å². The Balaban J connectivity index is 1.21. The minimum atomic E-state index is -0.125. The van der Waals surface area contributed by atoms with E-state index in [0.29, 0.717) is 0 Å². The zero-order chi connectivity index (χ0) is 38.1. The van der Waals surface area contributed by atoms with Gasteiger partial charge in [0.25, 0.3) is 0 Å². The summed E-state index contributed by atoms with van der Waals surface area (Å²) in [7, 11) is 0. The van der Waals surface area contributed by atoms with Gasteiger partial charge in [-0.25, -0.2) is 0 Å². The lowest BCUT2D eigenvalue weighted by Crippen LogP contribution is -2.18. The van der Waals surface area contributed by atoms with Crippen molar-refractivity contribution in [3.05, 3.63) is 197 Å². The van der Waals surface area contributed by atoms with Crippen LogP contribution in [0.4, 0.5) is 17.1 Å². The largest absolute Gasteiger partial charge is 0.310 e. The lowest BCUT2D eigenvalue weighted by molar-refractivity contribution is 0.660. The summed E-state index contributed by atoms with van der Waals surface area (Å²) in [6.07, 6.45) is 0. The van der Waals surface area contributed by atoms with E-state index in [1.807, 2.05) is 0 Å². The third-order valence-electron chi connectivity index (χ3n) is 13.7. The number of hydrogen-bond acceptors (Lipinski definition) is 1. The molecule has 1 heteroatoms. The van der Waals surface area contributed by atoms with Crippen LogP contribution >= 0.6 is 0 Å². The number of fused-ring (bicyclic) bond motifs is 10. The van der Waals surface area contributed by atoms with E-state index in [-0.39, 0.29) is 16.2 Å². The molecule has 56 heavy (non-hydrogen) atoms. The standard InChI is InChI=1S/C55H45N/c1-53(2)44-23-13-9-19-38(44)40-29-27-35(32-47(40)53)56(36-28-30-41-39-20-10-14-24-45(39)54(3,4)48(41)33-36)50-26-16-12-22-43(50)51-37-18-8-7-17-34(37)31-49-52(51)42-21-11-15-25-46(42)55(49,5)6/h7-33H,1-6H3. The van der Waals surface area contributed by atoms with E-state index in [1.54, 1.807) is 0 Å². The fraction of sp³-hybridized carbons (Fsp3) is 0.164. The van der Waals surface area contributed by atoms with Gasteiger partial charge >= 0.3 is 0 Å². The maximum Gasteiger partial charge on any atom is 0.0540 e. The first-order chi connectivity index (χ1) is 27.1. The summed E-state index contributed by atoms with van der Waals surface area (Å²) in [6.45, 7) is 14.3. The Morgan fingerprint density at radius 1 is 0.321 bits per heavy atom. The van der Waals surface area contributed by atoms with E-state index in [2.05, 4.69) is 210 Å². The van der Waals surface area contributed by atoms with Gasteiger partial charge in [0, 0.05) is 33.2 Å². The summed E-state index contributed by atoms with van der Waals surface area (Å²) in [5.41, 5.74) is 22.0. The van der Waals surface area contributed by atoms with Gasteiger partial charge in [0.15, 0.2) is 0 Å². The van der Waals surface area contributed by atoms with Gasteiger partial charge in [-0.05, 0) is 119 Å². The molecular weight excluding hydrogens is 675 g/mol. The highest BCUT2D eigenvalue weighted by Crippen LogP contribution is 2.58. The molecule has 0 saturated carbocycles. The highest BCUT2D eigenvalue weighted by atomic mass is 15.1. The summed E-state index contributed by atoms with van der Waals surface area (Å²) in [4.78, 5) is 2.55. The van der Waals surface area contributed by atoms with E-state index in [4.69, 9.17) is 0 Å². The highest BCUT2D eigenvalue weighted by molar-refractivity contribution is 6.11. The Morgan fingerprint density at radius 2 is 0.750 bits per heavy atom. The summed E-state index contributed by atoms with van der Waals surface area (Å²) < 4.78 is 0. The number of rotatable bonds is 4. The number of benzene rings is 8. The topological polar surface area (TPSA) is 3.24 Å². The molecule has 0 saturated heterocycles. The van der Waals surface area contributed by atoms with Gasteiger partial charge < -0.3 is 4.90 Å². The molecule has 0 aliphatic heterocycles. The maximum absolute atomic E-state index is 2.55. The Kier molecular flexibility index (Phi) is 6.77. The Labute approximate surface area is 330 Å². The number of nitrogens with zero attached hydrogens (tertiary/aromatic N) is 1. The van der Waals surface area contributed by atoms with Crippen LogP contribution in [0.5, 0.6) is 0 Å². The fourth-order valence-electron chi connectivity index (χ4n) is 10.8. The van der Waals surface area contributed by atoms with Crippen LogP contribution in [0.1, 0.15) is 74.9 Å². The number of para-hydroxylation sites is 1. The third-order valence-corrected chi connectivity index (χ3v) is 13.7. The molecule has 3 aliphatic carbocycles. The maximum atomic E-state index is 2.55. The Bertz CT molecular complexity index is 2850. The molecule has 0 N–H and O–H groups in total. The average Bonchev–Trinajstić information content (AvgIpc) is 3.70. The highest BCUT2D eigenvalue weighted by Gasteiger charge is 2.40. The zero-order valence-electron chi connectivity index (χ0n) is 33.0. The van der Waals surface area contributed by atoms with Crippen molar-refractivity contribution >= 4 is 27.8 Å². The van der Waals surface area contributed by atoms with E-state index in [0.717, 1.165) is 0 Å². The minimum Gasteiger partial charge on any atom is -0.310 e. The second-order valence-electron chi connectivity index (χ2n) is 17.7. The minimum absolute atomic E-state index is 0.125. The van der Waals surface area contributed by atoms with Crippen molar-refractivity contribution < 1.29 is 0 Å². The van der Waals surface area contributed by atoms with E-state index in [1.165, 1.54) is 106 Å². The molecule has 0 unspecified atom stereocenters. The summed E-state index contributed by atoms with van der Waals surface area (Å²) >= 11 is 0. The fourth-order valence-corrected chi connectivity index (χ4v) is 10.8. The van der Waals surface area contributed by atoms with Crippen LogP contribution in [0.3, 0.4) is 0 Å². The molecule has 8 aromatic carbocycles. The summed E-state index contributed by atoms with van der Waals surface area (Å²) in [5.74, 6) is 0. The van der Waals surface area contributed by atoms with Gasteiger partial charge in [-0.15, -0.1) is 0 Å². The molecule has 11 rings (SSSR count). The number of hydrogen-bond donors (Lipinski definition) is 0. The van der Waals surface area contributed by atoms with Crippen LogP contribution in [0.2, 0.25) is 0 Å². The molecule has 0 aromatic heterocycles. The van der Waals surface area contributed by atoms with Crippen LogP contribution in [-0.2, 0) is 16.2 Å². The predicted octanol–water partition coefficient (Wildman–Crippen LogP) is 14.9.